The molecule has 0 radical (unpaired) electrons. The lowest BCUT2D eigenvalue weighted by Crippen LogP contribution is -2.51. The minimum absolute atomic E-state index is 0.539. The molecule has 1 saturated heterocycles. The Morgan fingerprint density at radius 3 is 2.83 bits per heavy atom. The minimum Gasteiger partial charge on any atom is -0.314 e. The molecule has 0 aliphatic carbocycles. The van der Waals surface area contributed by atoms with Gasteiger partial charge in [-0.05, 0) is 18.2 Å². The Morgan fingerprint density at radius 1 is 1.39 bits per heavy atom. The second kappa shape index (κ2) is 7.17. The van der Waals surface area contributed by atoms with E-state index in [1.54, 1.807) is 0 Å². The molecule has 2 rings (SSSR count). The van der Waals surface area contributed by atoms with Gasteiger partial charge in [-0.25, -0.2) is 0 Å². The van der Waals surface area contributed by atoms with E-state index in [4.69, 9.17) is 0 Å². The van der Waals surface area contributed by atoms with Crippen molar-refractivity contribution in [1.29, 1.82) is 0 Å². The Kier molecular flexibility index (Phi) is 5.54. The lowest BCUT2D eigenvalue weighted by molar-refractivity contribution is 0.115. The fourth-order valence-corrected chi connectivity index (χ4v) is 3.59. The predicted octanol–water partition coefficient (Wildman–Crippen LogP) is 2.77. The van der Waals surface area contributed by atoms with E-state index < -0.39 is 0 Å². The van der Waals surface area contributed by atoms with E-state index in [2.05, 4.69) is 53.7 Å². The van der Waals surface area contributed by atoms with Gasteiger partial charge >= 0.3 is 0 Å². The fraction of sp³-hybridized carbons (Fsp3) is 0.600. The molecule has 100 valence electrons. The van der Waals surface area contributed by atoms with Gasteiger partial charge < -0.3 is 5.32 Å². The maximum Gasteiger partial charge on any atom is 0.0476 e. The Balaban J connectivity index is 2.15. The van der Waals surface area contributed by atoms with Gasteiger partial charge in [-0.2, -0.15) is 11.8 Å². The molecule has 1 N–H and O–H groups in total. The highest BCUT2D eigenvalue weighted by molar-refractivity contribution is 7.98. The molecule has 0 bridgehead atoms. The predicted molar refractivity (Wildman–Crippen MR) is 81.2 cm³/mol. The van der Waals surface area contributed by atoms with Crippen LogP contribution in [-0.4, -0.2) is 42.6 Å². The highest BCUT2D eigenvalue weighted by Crippen LogP contribution is 2.26. The third-order valence-electron chi connectivity index (χ3n) is 3.77. The topological polar surface area (TPSA) is 15.3 Å². The van der Waals surface area contributed by atoms with Crippen LogP contribution in [0.15, 0.2) is 30.3 Å². The first-order chi connectivity index (χ1) is 8.86. The summed E-state index contributed by atoms with van der Waals surface area (Å²) in [5.74, 6) is 1.24. The zero-order chi connectivity index (χ0) is 12.8. The Hall–Kier alpha value is -0.510. The number of nitrogens with one attached hydrogen (secondary N) is 1. The van der Waals surface area contributed by atoms with Crippen LogP contribution in [0.25, 0.3) is 0 Å². The molecule has 18 heavy (non-hydrogen) atoms. The Bertz CT molecular complexity index is 342. The summed E-state index contributed by atoms with van der Waals surface area (Å²) in [6, 6.07) is 12.2. The van der Waals surface area contributed by atoms with Crippen molar-refractivity contribution in [2.75, 3.05) is 31.6 Å². The Labute approximate surface area is 115 Å². The number of hydrogen-bond acceptors (Lipinski definition) is 3. The first kappa shape index (κ1) is 13.9. The van der Waals surface area contributed by atoms with Crippen LogP contribution in [-0.2, 0) is 0 Å². The second-order valence-corrected chi connectivity index (χ2v) is 5.80. The van der Waals surface area contributed by atoms with Crippen LogP contribution in [0.3, 0.4) is 0 Å². The largest absolute Gasteiger partial charge is 0.314 e. The van der Waals surface area contributed by atoms with Gasteiger partial charge in [-0.15, -0.1) is 0 Å². The Morgan fingerprint density at radius 2 is 2.17 bits per heavy atom. The van der Waals surface area contributed by atoms with Gasteiger partial charge in [0, 0.05) is 37.5 Å². The van der Waals surface area contributed by atoms with Crippen LogP contribution in [0.5, 0.6) is 0 Å². The standard InChI is InChI=1S/C15H24N2S/c1-3-14(12-18-2)17-10-9-16-11-15(17)13-7-5-4-6-8-13/h4-8,14-16H,3,9-12H2,1-2H3. The normalized spacial score (nSPS) is 22.9. The van der Waals surface area contributed by atoms with E-state index in [0.717, 1.165) is 13.1 Å². The zero-order valence-corrected chi connectivity index (χ0v) is 12.2. The molecule has 2 nitrogen and oxygen atoms in total. The highest BCUT2D eigenvalue weighted by Gasteiger charge is 2.28. The molecule has 0 spiro atoms. The third kappa shape index (κ3) is 3.28. The SMILES string of the molecule is CCC(CSC)N1CCNCC1c1ccccc1. The van der Waals surface area contributed by atoms with Crippen molar-refractivity contribution in [2.24, 2.45) is 0 Å². The second-order valence-electron chi connectivity index (χ2n) is 4.89. The highest BCUT2D eigenvalue weighted by atomic mass is 32.2. The van der Waals surface area contributed by atoms with E-state index in [0.29, 0.717) is 12.1 Å². The summed E-state index contributed by atoms with van der Waals surface area (Å²) in [7, 11) is 0. The summed E-state index contributed by atoms with van der Waals surface area (Å²) in [5.41, 5.74) is 1.45. The lowest BCUT2D eigenvalue weighted by Gasteiger charge is -2.41. The van der Waals surface area contributed by atoms with E-state index in [1.807, 2.05) is 11.8 Å². The third-order valence-corrected chi connectivity index (χ3v) is 4.49. The zero-order valence-electron chi connectivity index (χ0n) is 11.4. The molecule has 1 aliphatic heterocycles. The van der Waals surface area contributed by atoms with E-state index >= 15 is 0 Å². The van der Waals surface area contributed by atoms with Crippen molar-refractivity contribution < 1.29 is 0 Å². The quantitative estimate of drug-likeness (QED) is 0.880. The molecule has 2 atom stereocenters. The monoisotopic (exact) mass is 264 g/mol. The summed E-state index contributed by atoms with van der Waals surface area (Å²) in [5, 5.41) is 3.54. The van der Waals surface area contributed by atoms with Gasteiger partial charge in [0.15, 0.2) is 0 Å². The molecule has 1 heterocycles. The molecule has 2 unspecified atom stereocenters. The molecule has 0 amide bonds. The van der Waals surface area contributed by atoms with Crippen molar-refractivity contribution >= 4 is 11.8 Å². The van der Waals surface area contributed by atoms with Gasteiger partial charge in [-0.3, -0.25) is 4.90 Å². The maximum atomic E-state index is 3.54. The van der Waals surface area contributed by atoms with Crippen LogP contribution in [0.2, 0.25) is 0 Å². The van der Waals surface area contributed by atoms with Crippen LogP contribution in [0, 0.1) is 0 Å². The first-order valence-electron chi connectivity index (χ1n) is 6.87. The van der Waals surface area contributed by atoms with Gasteiger partial charge in [-0.1, -0.05) is 37.3 Å². The van der Waals surface area contributed by atoms with Crippen molar-refractivity contribution in [3.8, 4) is 0 Å². The van der Waals surface area contributed by atoms with E-state index in [-0.39, 0.29) is 0 Å². The van der Waals surface area contributed by atoms with Crippen LogP contribution < -0.4 is 5.32 Å². The number of thioether (sulfide) groups is 1. The lowest BCUT2D eigenvalue weighted by atomic mass is 10.0. The average Bonchev–Trinajstić information content (AvgIpc) is 2.46. The maximum absolute atomic E-state index is 3.54. The first-order valence-corrected chi connectivity index (χ1v) is 8.26. The van der Waals surface area contributed by atoms with E-state index in [1.165, 1.54) is 24.3 Å². The summed E-state index contributed by atoms with van der Waals surface area (Å²) in [6.07, 6.45) is 3.45. The molecular formula is C15H24N2S. The molecule has 1 aliphatic rings. The van der Waals surface area contributed by atoms with Gasteiger partial charge in [0.1, 0.15) is 0 Å². The summed E-state index contributed by atoms with van der Waals surface area (Å²) < 4.78 is 0. The van der Waals surface area contributed by atoms with Crippen LogP contribution in [0.4, 0.5) is 0 Å². The molecule has 1 aromatic rings. The van der Waals surface area contributed by atoms with Crippen molar-refractivity contribution in [1.82, 2.24) is 10.2 Å². The number of hydrogen-bond donors (Lipinski definition) is 1. The fourth-order valence-electron chi connectivity index (χ4n) is 2.78. The number of nitrogens with zero attached hydrogens (tertiary/aromatic N) is 1. The minimum atomic E-state index is 0.539. The smallest absolute Gasteiger partial charge is 0.0476 e. The van der Waals surface area contributed by atoms with Gasteiger partial charge in [0.2, 0.25) is 0 Å². The average molecular weight is 264 g/mol. The molecule has 1 fully saturated rings. The molecule has 0 aromatic heterocycles. The summed E-state index contributed by atoms with van der Waals surface area (Å²) in [4.78, 5) is 2.70. The number of rotatable bonds is 5. The summed E-state index contributed by atoms with van der Waals surface area (Å²) >= 11 is 1.96. The number of piperazine rings is 1. The van der Waals surface area contributed by atoms with Gasteiger partial charge in [0.25, 0.3) is 0 Å². The molecule has 1 aromatic carbocycles. The van der Waals surface area contributed by atoms with Crippen LogP contribution >= 0.6 is 11.8 Å². The van der Waals surface area contributed by atoms with Crippen molar-refractivity contribution in [3.05, 3.63) is 35.9 Å². The van der Waals surface area contributed by atoms with E-state index in [9.17, 15) is 0 Å². The van der Waals surface area contributed by atoms with Crippen LogP contribution in [0.1, 0.15) is 24.9 Å². The van der Waals surface area contributed by atoms with Crippen molar-refractivity contribution in [2.45, 2.75) is 25.4 Å². The molecule has 0 saturated carbocycles. The molecule has 3 heteroatoms. The van der Waals surface area contributed by atoms with Gasteiger partial charge in [0.05, 0.1) is 0 Å². The number of benzene rings is 1. The van der Waals surface area contributed by atoms with Crippen molar-refractivity contribution in [3.63, 3.8) is 0 Å². The summed E-state index contributed by atoms with van der Waals surface area (Å²) in [6.45, 7) is 5.67. The molecular weight excluding hydrogens is 240 g/mol.